The second-order valence-corrected chi connectivity index (χ2v) is 21.3. The Bertz CT molecular complexity index is 1810. The van der Waals surface area contributed by atoms with E-state index in [9.17, 15) is 14.4 Å². The van der Waals surface area contributed by atoms with E-state index in [0.717, 1.165) is 161 Å². The Morgan fingerprint density at radius 3 is 0.778 bits per heavy atom. The first-order chi connectivity index (χ1) is 40.0. The normalized spacial score (nSPS) is 13.2. The van der Waals surface area contributed by atoms with Crippen molar-refractivity contribution in [2.45, 2.75) is 284 Å². The van der Waals surface area contributed by atoms with Gasteiger partial charge in [-0.2, -0.15) is 0 Å². The van der Waals surface area contributed by atoms with Gasteiger partial charge in [-0.15, -0.1) is 0 Å². The third-order valence-corrected chi connectivity index (χ3v) is 13.5. The molecule has 0 aliphatic carbocycles. The van der Waals surface area contributed by atoms with Crippen molar-refractivity contribution in [3.8, 4) is 0 Å². The number of unbranched alkanes of at least 4 members (excludes halogenated alkanes) is 21. The Balaban J connectivity index is 4.37. The molecule has 0 spiro atoms. The molecule has 6 heteroatoms. The Morgan fingerprint density at radius 2 is 0.481 bits per heavy atom. The topological polar surface area (TPSA) is 78.9 Å². The van der Waals surface area contributed by atoms with Crippen molar-refractivity contribution >= 4 is 17.9 Å². The van der Waals surface area contributed by atoms with Crippen molar-refractivity contribution in [3.63, 3.8) is 0 Å². The highest BCUT2D eigenvalue weighted by Crippen LogP contribution is 2.14. The third-order valence-electron chi connectivity index (χ3n) is 13.5. The van der Waals surface area contributed by atoms with Gasteiger partial charge in [0.2, 0.25) is 0 Å². The van der Waals surface area contributed by atoms with E-state index in [1.165, 1.54) is 77.0 Å². The van der Waals surface area contributed by atoms with E-state index in [1.54, 1.807) is 0 Å². The molecule has 0 radical (unpaired) electrons. The summed E-state index contributed by atoms with van der Waals surface area (Å²) in [7, 11) is 0. The minimum absolute atomic E-state index is 0.103. The number of hydrogen-bond donors (Lipinski definition) is 0. The Kier molecular flexibility index (Phi) is 63.4. The highest BCUT2D eigenvalue weighted by molar-refractivity contribution is 5.71. The lowest BCUT2D eigenvalue weighted by atomic mass is 10.1. The third kappa shape index (κ3) is 65.7. The van der Waals surface area contributed by atoms with Crippen molar-refractivity contribution in [3.05, 3.63) is 158 Å². The number of esters is 3. The number of carbonyl (C=O) groups is 3. The number of allylic oxidation sites excluding steroid dienone is 26. The molecule has 0 aromatic heterocycles. The second-order valence-electron chi connectivity index (χ2n) is 21.3. The lowest BCUT2D eigenvalue weighted by molar-refractivity contribution is -0.167. The molecule has 0 fully saturated rings. The van der Waals surface area contributed by atoms with Gasteiger partial charge in [-0.25, -0.2) is 0 Å². The van der Waals surface area contributed by atoms with E-state index in [4.69, 9.17) is 14.2 Å². The van der Waals surface area contributed by atoms with Crippen molar-refractivity contribution in [2.24, 2.45) is 0 Å². The molecule has 0 aromatic carbocycles. The van der Waals surface area contributed by atoms with Gasteiger partial charge in [0.25, 0.3) is 0 Å². The summed E-state index contributed by atoms with van der Waals surface area (Å²) in [5.41, 5.74) is 0. The highest BCUT2D eigenvalue weighted by atomic mass is 16.6. The first-order valence-corrected chi connectivity index (χ1v) is 33.0. The number of carbonyl (C=O) groups excluding carboxylic acids is 3. The van der Waals surface area contributed by atoms with E-state index >= 15 is 0 Å². The zero-order valence-corrected chi connectivity index (χ0v) is 52.2. The van der Waals surface area contributed by atoms with E-state index < -0.39 is 6.10 Å². The van der Waals surface area contributed by atoms with Gasteiger partial charge in [0.05, 0.1) is 0 Å². The minimum Gasteiger partial charge on any atom is -0.462 e. The Hall–Kier alpha value is -4.97. The average Bonchev–Trinajstić information content (AvgIpc) is 3.46. The van der Waals surface area contributed by atoms with Gasteiger partial charge in [-0.05, 0) is 148 Å². The highest BCUT2D eigenvalue weighted by Gasteiger charge is 2.19. The summed E-state index contributed by atoms with van der Waals surface area (Å²) < 4.78 is 16.9. The average molecular weight is 1120 g/mol. The molecule has 0 rings (SSSR count). The molecule has 0 saturated heterocycles. The molecule has 0 N–H and O–H groups in total. The van der Waals surface area contributed by atoms with Crippen LogP contribution in [0.2, 0.25) is 0 Å². The number of ether oxygens (including phenoxy) is 3. The largest absolute Gasteiger partial charge is 0.462 e. The van der Waals surface area contributed by atoms with Crippen LogP contribution in [0, 0.1) is 0 Å². The summed E-state index contributed by atoms with van der Waals surface area (Å²) >= 11 is 0. The van der Waals surface area contributed by atoms with Crippen molar-refractivity contribution in [2.75, 3.05) is 13.2 Å². The van der Waals surface area contributed by atoms with Gasteiger partial charge in [-0.1, -0.05) is 269 Å². The van der Waals surface area contributed by atoms with Crippen LogP contribution < -0.4 is 0 Å². The standard InChI is InChI=1S/C75H120O6/c1-4-7-10-13-16-19-22-25-27-29-31-32-33-34-35-36-37-38-39-40-41-42-44-45-47-50-53-56-59-62-65-68-74(77)80-71-72(70-79-73(76)67-64-61-58-55-52-49-24-21-18-15-12-9-6-3)81-75(78)69-66-63-60-57-54-51-48-46-43-30-28-26-23-20-17-14-11-8-5-2/h7-8,10-11,16-17,19-21,24-28,31-32,34-35,37-38,40-41,43,46,51,54,72H,4-6,9,12-15,18,22-23,29-30,33,36,39,42,44-45,47-50,52-53,55-71H2,1-3H3/b10-7-,11-8-,19-16-,20-17-,24-21-,27-25-,28-26-,32-31-,35-34-,38-37-,41-40-,46-43-,54-51-. The summed E-state index contributed by atoms with van der Waals surface area (Å²) in [6.07, 6.45) is 98.2. The fraction of sp³-hybridized carbons (Fsp3) is 0.613. The molecule has 0 aliphatic heterocycles. The number of hydrogen-bond acceptors (Lipinski definition) is 6. The fourth-order valence-corrected chi connectivity index (χ4v) is 8.62. The zero-order chi connectivity index (χ0) is 58.5. The summed E-state index contributed by atoms with van der Waals surface area (Å²) in [5, 5.41) is 0. The minimum atomic E-state index is -0.809. The predicted octanol–water partition coefficient (Wildman–Crippen LogP) is 22.9. The molecule has 456 valence electrons. The van der Waals surface area contributed by atoms with Gasteiger partial charge in [0.1, 0.15) is 13.2 Å². The van der Waals surface area contributed by atoms with Crippen molar-refractivity contribution < 1.29 is 28.6 Å². The summed E-state index contributed by atoms with van der Waals surface area (Å²) in [4.78, 5) is 38.3. The first kappa shape index (κ1) is 76.0. The maximum atomic E-state index is 12.9. The van der Waals surface area contributed by atoms with Gasteiger partial charge in [0.15, 0.2) is 6.10 Å². The lowest BCUT2D eigenvalue weighted by Crippen LogP contribution is -2.30. The molecule has 0 heterocycles. The van der Waals surface area contributed by atoms with Crippen LogP contribution in [-0.4, -0.2) is 37.2 Å². The SMILES string of the molecule is CC/C=C\C/C=C\C/C=C\C/C=C\C/C=C\C/C=C\C/C=C\CCCCCCCCCCCC(=O)OCC(COC(=O)CCCCCCC/C=C\CCCCCC)OC(=O)CCCCC/C=C\C/C=C\C/C=C\C/C=C\C/C=C\CC. The molecule has 0 bridgehead atoms. The van der Waals surface area contributed by atoms with Gasteiger partial charge in [-0.3, -0.25) is 14.4 Å². The molecule has 1 unspecified atom stereocenters. The number of rotatable bonds is 58. The summed E-state index contributed by atoms with van der Waals surface area (Å²) in [6, 6.07) is 0. The molecular weight excluding hydrogens is 997 g/mol. The van der Waals surface area contributed by atoms with Crippen molar-refractivity contribution in [1.82, 2.24) is 0 Å². The van der Waals surface area contributed by atoms with Crippen LogP contribution in [0.4, 0.5) is 0 Å². The molecular formula is C75H120O6. The molecule has 0 amide bonds. The molecule has 0 aromatic rings. The quantitative estimate of drug-likeness (QED) is 0.0261. The van der Waals surface area contributed by atoms with Gasteiger partial charge < -0.3 is 14.2 Å². The molecule has 81 heavy (non-hydrogen) atoms. The maximum absolute atomic E-state index is 12.9. The van der Waals surface area contributed by atoms with Gasteiger partial charge in [0, 0.05) is 19.3 Å². The fourth-order valence-electron chi connectivity index (χ4n) is 8.62. The zero-order valence-electron chi connectivity index (χ0n) is 52.2. The Morgan fingerprint density at radius 1 is 0.259 bits per heavy atom. The van der Waals surface area contributed by atoms with Crippen molar-refractivity contribution in [1.29, 1.82) is 0 Å². The van der Waals surface area contributed by atoms with Crippen LogP contribution in [0.1, 0.15) is 278 Å². The van der Waals surface area contributed by atoms with E-state index in [2.05, 4.69) is 179 Å². The van der Waals surface area contributed by atoms with Crippen LogP contribution >= 0.6 is 0 Å². The van der Waals surface area contributed by atoms with E-state index in [0.29, 0.717) is 12.8 Å². The van der Waals surface area contributed by atoms with Crippen LogP contribution in [0.3, 0.4) is 0 Å². The maximum Gasteiger partial charge on any atom is 0.306 e. The molecule has 1 atom stereocenters. The van der Waals surface area contributed by atoms with Crippen LogP contribution in [0.15, 0.2) is 158 Å². The first-order valence-electron chi connectivity index (χ1n) is 33.0. The summed E-state index contributed by atoms with van der Waals surface area (Å²) in [6.45, 7) is 6.36. The van der Waals surface area contributed by atoms with Gasteiger partial charge >= 0.3 is 17.9 Å². The van der Waals surface area contributed by atoms with E-state index in [1.807, 2.05) is 0 Å². The monoisotopic (exact) mass is 1120 g/mol. The summed E-state index contributed by atoms with van der Waals surface area (Å²) in [5.74, 6) is -0.951. The van der Waals surface area contributed by atoms with E-state index in [-0.39, 0.29) is 37.5 Å². The molecule has 6 nitrogen and oxygen atoms in total. The molecule has 0 aliphatic rings. The predicted molar refractivity (Wildman–Crippen MR) is 352 cm³/mol. The second kappa shape index (κ2) is 67.5. The smallest absolute Gasteiger partial charge is 0.306 e. The van der Waals surface area contributed by atoms with Crippen LogP contribution in [0.25, 0.3) is 0 Å². The lowest BCUT2D eigenvalue weighted by Gasteiger charge is -2.18. The van der Waals surface area contributed by atoms with Crippen LogP contribution in [-0.2, 0) is 28.6 Å². The molecule has 0 saturated carbocycles. The van der Waals surface area contributed by atoms with Crippen LogP contribution in [0.5, 0.6) is 0 Å². The Labute approximate surface area is 499 Å².